The Morgan fingerprint density at radius 1 is 1.50 bits per heavy atom. The van der Waals surface area contributed by atoms with Crippen molar-refractivity contribution in [3.8, 4) is 0 Å². The molecule has 4 nitrogen and oxygen atoms in total. The molecule has 0 aliphatic carbocycles. The van der Waals surface area contributed by atoms with Crippen molar-refractivity contribution in [1.82, 2.24) is 14.9 Å². The summed E-state index contributed by atoms with van der Waals surface area (Å²) < 4.78 is 0. The molecule has 1 aliphatic heterocycles. The second-order valence-corrected chi connectivity index (χ2v) is 4.46. The van der Waals surface area contributed by atoms with Gasteiger partial charge in [0.1, 0.15) is 0 Å². The fourth-order valence-corrected chi connectivity index (χ4v) is 2.31. The van der Waals surface area contributed by atoms with E-state index < -0.39 is 0 Å². The van der Waals surface area contributed by atoms with Crippen LogP contribution in [0.4, 0.5) is 0 Å². The van der Waals surface area contributed by atoms with E-state index in [9.17, 15) is 5.11 Å². The second kappa shape index (κ2) is 5.57. The van der Waals surface area contributed by atoms with Gasteiger partial charge in [0.15, 0.2) is 0 Å². The van der Waals surface area contributed by atoms with Gasteiger partial charge in [0.05, 0.1) is 12.3 Å². The Kier molecular flexibility index (Phi) is 4.09. The SMILES string of the molecule is OC[C@@H]1CCCCN1Cc1ccnc(Cl)n1. The highest BCUT2D eigenvalue weighted by atomic mass is 35.5. The van der Waals surface area contributed by atoms with Crippen molar-refractivity contribution in [2.24, 2.45) is 0 Å². The van der Waals surface area contributed by atoms with Gasteiger partial charge < -0.3 is 5.11 Å². The summed E-state index contributed by atoms with van der Waals surface area (Å²) in [6.07, 6.45) is 5.12. The van der Waals surface area contributed by atoms with E-state index in [0.717, 1.165) is 25.2 Å². The Morgan fingerprint density at radius 2 is 2.38 bits per heavy atom. The molecule has 1 aliphatic rings. The summed E-state index contributed by atoms with van der Waals surface area (Å²) in [6, 6.07) is 2.14. The van der Waals surface area contributed by atoms with Gasteiger partial charge in [-0.1, -0.05) is 6.42 Å². The first-order valence-corrected chi connectivity index (χ1v) is 5.99. The minimum Gasteiger partial charge on any atom is -0.395 e. The predicted molar refractivity (Wildman–Crippen MR) is 62.2 cm³/mol. The van der Waals surface area contributed by atoms with Crippen LogP contribution in [0.2, 0.25) is 5.28 Å². The lowest BCUT2D eigenvalue weighted by Gasteiger charge is -2.34. The number of hydrogen-bond acceptors (Lipinski definition) is 4. The summed E-state index contributed by atoms with van der Waals surface area (Å²) in [5.41, 5.74) is 0.917. The van der Waals surface area contributed by atoms with Crippen LogP contribution in [0.15, 0.2) is 12.3 Å². The number of aromatic nitrogens is 2. The molecular formula is C11H16ClN3O. The Labute approximate surface area is 100 Å². The third-order valence-corrected chi connectivity index (χ3v) is 3.19. The lowest BCUT2D eigenvalue weighted by atomic mass is 10.0. The first-order chi connectivity index (χ1) is 7.79. The molecular weight excluding hydrogens is 226 g/mol. The smallest absolute Gasteiger partial charge is 0.222 e. The molecule has 1 N–H and O–H groups in total. The Balaban J connectivity index is 2.02. The van der Waals surface area contributed by atoms with E-state index >= 15 is 0 Å². The van der Waals surface area contributed by atoms with Crippen LogP contribution in [0.5, 0.6) is 0 Å². The topological polar surface area (TPSA) is 49.2 Å². The fourth-order valence-electron chi connectivity index (χ4n) is 2.14. The zero-order valence-electron chi connectivity index (χ0n) is 9.14. The van der Waals surface area contributed by atoms with Crippen LogP contribution in [0.1, 0.15) is 25.0 Å². The molecule has 16 heavy (non-hydrogen) atoms. The van der Waals surface area contributed by atoms with Gasteiger partial charge in [-0.15, -0.1) is 0 Å². The van der Waals surface area contributed by atoms with E-state index in [4.69, 9.17) is 11.6 Å². The summed E-state index contributed by atoms with van der Waals surface area (Å²) in [5.74, 6) is 0. The quantitative estimate of drug-likeness (QED) is 0.815. The zero-order valence-corrected chi connectivity index (χ0v) is 9.90. The van der Waals surface area contributed by atoms with Gasteiger partial charge in [-0.05, 0) is 37.1 Å². The van der Waals surface area contributed by atoms with Gasteiger partial charge in [-0.2, -0.15) is 0 Å². The van der Waals surface area contributed by atoms with E-state index in [0.29, 0.717) is 0 Å². The minimum absolute atomic E-state index is 0.221. The van der Waals surface area contributed by atoms with E-state index in [-0.39, 0.29) is 17.9 Å². The molecule has 5 heteroatoms. The number of piperidine rings is 1. The maximum atomic E-state index is 9.29. The normalized spacial score (nSPS) is 22.2. The first kappa shape index (κ1) is 11.8. The first-order valence-electron chi connectivity index (χ1n) is 5.62. The van der Waals surface area contributed by atoms with Gasteiger partial charge in [0, 0.05) is 18.8 Å². The Hall–Kier alpha value is -0.710. The Morgan fingerprint density at radius 3 is 3.12 bits per heavy atom. The summed E-state index contributed by atoms with van der Waals surface area (Å²) in [5, 5.41) is 9.58. The standard InChI is InChI=1S/C11H16ClN3O/c12-11-13-5-4-9(14-11)7-15-6-2-1-3-10(15)8-16/h4-5,10,16H,1-3,6-8H2/t10-/m0/s1. The monoisotopic (exact) mass is 241 g/mol. The predicted octanol–water partition coefficient (Wildman–Crippen LogP) is 1.48. The molecule has 0 spiro atoms. The maximum absolute atomic E-state index is 9.29. The second-order valence-electron chi connectivity index (χ2n) is 4.12. The third kappa shape index (κ3) is 2.90. The molecule has 0 saturated carbocycles. The van der Waals surface area contributed by atoms with Gasteiger partial charge in [-0.25, -0.2) is 9.97 Å². The summed E-state index contributed by atoms with van der Waals surface area (Å²) in [7, 11) is 0. The van der Waals surface area contributed by atoms with Gasteiger partial charge >= 0.3 is 0 Å². The van der Waals surface area contributed by atoms with Gasteiger partial charge in [0.2, 0.25) is 5.28 Å². The number of nitrogens with zero attached hydrogens (tertiary/aromatic N) is 3. The number of likely N-dealkylation sites (tertiary alicyclic amines) is 1. The lowest BCUT2D eigenvalue weighted by molar-refractivity contribution is 0.0830. The van der Waals surface area contributed by atoms with Gasteiger partial charge in [-0.3, -0.25) is 4.90 Å². The van der Waals surface area contributed by atoms with Crippen LogP contribution >= 0.6 is 11.6 Å². The van der Waals surface area contributed by atoms with Crippen molar-refractivity contribution in [1.29, 1.82) is 0 Å². The molecule has 0 amide bonds. The van der Waals surface area contributed by atoms with Crippen molar-refractivity contribution < 1.29 is 5.11 Å². The molecule has 0 bridgehead atoms. The van der Waals surface area contributed by atoms with Crippen LogP contribution in [0.25, 0.3) is 0 Å². The highest BCUT2D eigenvalue weighted by molar-refractivity contribution is 6.28. The highest BCUT2D eigenvalue weighted by Gasteiger charge is 2.21. The van der Waals surface area contributed by atoms with Crippen LogP contribution in [-0.4, -0.2) is 39.2 Å². The lowest BCUT2D eigenvalue weighted by Crippen LogP contribution is -2.41. The molecule has 2 heterocycles. The van der Waals surface area contributed by atoms with Crippen molar-refractivity contribution >= 4 is 11.6 Å². The number of aliphatic hydroxyl groups excluding tert-OH is 1. The molecule has 0 unspecified atom stereocenters. The molecule has 0 radical (unpaired) electrons. The minimum atomic E-state index is 0.221. The summed E-state index contributed by atoms with van der Waals surface area (Å²) in [4.78, 5) is 10.3. The van der Waals surface area contributed by atoms with Gasteiger partial charge in [0.25, 0.3) is 0 Å². The Bertz CT molecular complexity index is 348. The molecule has 0 aromatic carbocycles. The van der Waals surface area contributed by atoms with E-state index in [2.05, 4.69) is 14.9 Å². The number of halogens is 1. The van der Waals surface area contributed by atoms with Crippen LogP contribution in [-0.2, 0) is 6.54 Å². The zero-order chi connectivity index (χ0) is 11.4. The summed E-state index contributed by atoms with van der Waals surface area (Å²) >= 11 is 5.74. The molecule has 1 fully saturated rings. The largest absolute Gasteiger partial charge is 0.395 e. The molecule has 1 saturated heterocycles. The van der Waals surface area contributed by atoms with E-state index in [1.165, 1.54) is 12.8 Å². The average molecular weight is 242 g/mol. The molecule has 2 rings (SSSR count). The van der Waals surface area contributed by atoms with E-state index in [1.54, 1.807) is 6.20 Å². The van der Waals surface area contributed by atoms with Crippen molar-refractivity contribution in [2.45, 2.75) is 31.8 Å². The number of aliphatic hydroxyl groups is 1. The van der Waals surface area contributed by atoms with Crippen LogP contribution in [0.3, 0.4) is 0 Å². The van der Waals surface area contributed by atoms with E-state index in [1.807, 2.05) is 6.07 Å². The van der Waals surface area contributed by atoms with Crippen molar-refractivity contribution in [3.63, 3.8) is 0 Å². The molecule has 1 aromatic rings. The van der Waals surface area contributed by atoms with Crippen molar-refractivity contribution in [3.05, 3.63) is 23.2 Å². The summed E-state index contributed by atoms with van der Waals surface area (Å²) in [6.45, 7) is 1.99. The van der Waals surface area contributed by atoms with Crippen LogP contribution in [0, 0.1) is 0 Å². The maximum Gasteiger partial charge on any atom is 0.222 e. The molecule has 1 atom stereocenters. The molecule has 1 aromatic heterocycles. The molecule has 88 valence electrons. The number of hydrogen-bond donors (Lipinski definition) is 1. The average Bonchev–Trinajstić information content (AvgIpc) is 2.30. The third-order valence-electron chi connectivity index (χ3n) is 3.01. The highest BCUT2D eigenvalue weighted by Crippen LogP contribution is 2.18. The fraction of sp³-hybridized carbons (Fsp3) is 0.636. The van der Waals surface area contributed by atoms with Crippen LogP contribution < -0.4 is 0 Å². The number of rotatable bonds is 3. The van der Waals surface area contributed by atoms with Crippen molar-refractivity contribution in [2.75, 3.05) is 13.2 Å².